The van der Waals surface area contributed by atoms with Crippen molar-refractivity contribution in [2.24, 2.45) is 11.8 Å². The maximum atomic E-state index is 12.8. The first-order chi connectivity index (χ1) is 17.5. The van der Waals surface area contributed by atoms with Crippen LogP contribution in [0, 0.1) is 11.8 Å². The molecule has 4 unspecified atom stereocenters. The first-order valence-corrected chi connectivity index (χ1v) is 13.9. The van der Waals surface area contributed by atoms with E-state index < -0.39 is 0 Å². The second-order valence-electron chi connectivity index (χ2n) is 10.3. The van der Waals surface area contributed by atoms with E-state index in [0.29, 0.717) is 62.4 Å². The molecule has 200 valence electrons. The van der Waals surface area contributed by atoms with Crippen LogP contribution >= 0.6 is 0 Å². The number of amides is 2. The highest BCUT2D eigenvalue weighted by atomic mass is 16.5. The number of fused-ring (bicyclic) bond motifs is 2. The van der Waals surface area contributed by atoms with Crippen molar-refractivity contribution in [3.05, 3.63) is 35.9 Å². The quantitative estimate of drug-likeness (QED) is 0.314. The number of aliphatic hydroxyl groups is 1. The lowest BCUT2D eigenvalue weighted by atomic mass is 9.76. The van der Waals surface area contributed by atoms with E-state index in [-0.39, 0.29) is 30.3 Å². The Morgan fingerprint density at radius 3 is 2.39 bits per heavy atom. The predicted molar refractivity (Wildman–Crippen MR) is 140 cm³/mol. The zero-order chi connectivity index (χ0) is 25.8. The molecule has 0 spiro atoms. The third-order valence-corrected chi connectivity index (χ3v) is 7.68. The molecular weight excluding hydrogens is 456 g/mol. The molecule has 2 aliphatic heterocycles. The fourth-order valence-electron chi connectivity index (χ4n) is 5.79. The van der Waals surface area contributed by atoms with Crippen LogP contribution in [0.4, 0.5) is 0 Å². The van der Waals surface area contributed by atoms with Crippen LogP contribution in [0.5, 0.6) is 0 Å². The summed E-state index contributed by atoms with van der Waals surface area (Å²) < 4.78 is 6.19. The van der Waals surface area contributed by atoms with E-state index in [4.69, 9.17) is 9.84 Å². The van der Waals surface area contributed by atoms with Crippen molar-refractivity contribution in [2.75, 3.05) is 26.2 Å². The van der Waals surface area contributed by atoms with Gasteiger partial charge in [0.1, 0.15) is 6.61 Å². The molecule has 0 saturated carbocycles. The largest absolute Gasteiger partial charge is 0.389 e. The number of hydrogen-bond acceptors (Lipinski definition) is 5. The lowest BCUT2D eigenvalue weighted by molar-refractivity contribution is -0.122. The molecule has 1 aromatic carbocycles. The van der Waals surface area contributed by atoms with Gasteiger partial charge < -0.3 is 20.1 Å². The van der Waals surface area contributed by atoms with Crippen molar-refractivity contribution < 1.29 is 24.2 Å². The number of carbonyl (C=O) groups excluding carboxylic acids is 3. The number of ether oxygens (including phenoxy) is 1. The molecule has 2 aliphatic rings. The second kappa shape index (κ2) is 15.1. The fraction of sp³-hybridized carbons (Fsp3) is 0.690. The number of hydrogen-bond donors (Lipinski definition) is 2. The predicted octanol–water partition coefficient (Wildman–Crippen LogP) is 4.13. The van der Waals surface area contributed by atoms with Crippen LogP contribution in [0.1, 0.15) is 87.9 Å². The van der Waals surface area contributed by atoms with Crippen molar-refractivity contribution in [2.45, 2.75) is 89.8 Å². The van der Waals surface area contributed by atoms with Gasteiger partial charge in [-0.25, -0.2) is 0 Å². The fourth-order valence-corrected chi connectivity index (χ4v) is 5.79. The molecule has 2 saturated heterocycles. The van der Waals surface area contributed by atoms with E-state index in [2.05, 4.69) is 12.2 Å². The van der Waals surface area contributed by atoms with Crippen LogP contribution in [0.15, 0.2) is 30.3 Å². The second-order valence-corrected chi connectivity index (χ2v) is 10.3. The lowest BCUT2D eigenvalue weighted by Gasteiger charge is -2.28. The Morgan fingerprint density at radius 2 is 1.67 bits per heavy atom. The zero-order valence-electron chi connectivity index (χ0n) is 21.8. The van der Waals surface area contributed by atoms with E-state index in [9.17, 15) is 14.4 Å². The summed E-state index contributed by atoms with van der Waals surface area (Å²) in [6.45, 7) is 3.65. The van der Waals surface area contributed by atoms with Gasteiger partial charge in [0, 0.05) is 44.0 Å². The highest BCUT2D eigenvalue weighted by Crippen LogP contribution is 2.45. The molecule has 0 aromatic heterocycles. The van der Waals surface area contributed by atoms with E-state index >= 15 is 0 Å². The normalized spacial score (nSPS) is 22.5. The molecular formula is C29H44N2O5. The van der Waals surface area contributed by atoms with Crippen molar-refractivity contribution >= 4 is 17.6 Å². The number of rotatable bonds is 17. The van der Waals surface area contributed by atoms with Gasteiger partial charge in [-0.1, -0.05) is 44.4 Å². The Kier molecular flexibility index (Phi) is 11.9. The van der Waals surface area contributed by atoms with Crippen molar-refractivity contribution in [3.8, 4) is 0 Å². The standard InChI is InChI=1S/C29H44N2O5/c1-2-18-31(29(35)22-11-6-5-7-12-22)19-10-15-28(34)30-20-25-24(26-16-17-27(25)36-26)14-9-4-3-8-13-23(33)21-32/h5-7,11-12,24-27,32H,2-4,8-10,13-21H2,1H3,(H,30,34). The molecule has 4 atom stereocenters. The monoisotopic (exact) mass is 500 g/mol. The first-order valence-electron chi connectivity index (χ1n) is 13.9. The summed E-state index contributed by atoms with van der Waals surface area (Å²) in [7, 11) is 0. The Bertz CT molecular complexity index is 830. The molecule has 2 amide bonds. The van der Waals surface area contributed by atoms with Crippen molar-refractivity contribution in [3.63, 3.8) is 0 Å². The van der Waals surface area contributed by atoms with Crippen LogP contribution in [-0.4, -0.2) is 66.1 Å². The summed E-state index contributed by atoms with van der Waals surface area (Å²) in [6.07, 6.45) is 10.4. The van der Waals surface area contributed by atoms with Gasteiger partial charge in [0.2, 0.25) is 5.91 Å². The van der Waals surface area contributed by atoms with E-state index in [1.165, 1.54) is 0 Å². The Labute approximate surface area is 216 Å². The number of unbranched alkanes of at least 4 members (excludes halogenated alkanes) is 3. The molecule has 7 heteroatoms. The summed E-state index contributed by atoms with van der Waals surface area (Å²) in [5.74, 6) is 0.869. The molecule has 1 aromatic rings. The summed E-state index contributed by atoms with van der Waals surface area (Å²) in [4.78, 5) is 38.5. The summed E-state index contributed by atoms with van der Waals surface area (Å²) >= 11 is 0. The molecule has 2 heterocycles. The van der Waals surface area contributed by atoms with Gasteiger partial charge in [-0.3, -0.25) is 14.4 Å². The summed E-state index contributed by atoms with van der Waals surface area (Å²) in [6, 6.07) is 9.33. The Balaban J connectivity index is 1.36. The van der Waals surface area contributed by atoms with Crippen LogP contribution in [0.25, 0.3) is 0 Å². The molecule has 2 bridgehead atoms. The molecule has 36 heavy (non-hydrogen) atoms. The van der Waals surface area contributed by atoms with Crippen LogP contribution in [0.2, 0.25) is 0 Å². The first kappa shape index (κ1) is 28.3. The third-order valence-electron chi connectivity index (χ3n) is 7.68. The van der Waals surface area contributed by atoms with Crippen LogP contribution < -0.4 is 5.32 Å². The van der Waals surface area contributed by atoms with E-state index in [0.717, 1.165) is 51.4 Å². The van der Waals surface area contributed by atoms with Crippen LogP contribution in [-0.2, 0) is 14.3 Å². The maximum Gasteiger partial charge on any atom is 0.253 e. The average molecular weight is 501 g/mol. The van der Waals surface area contributed by atoms with Gasteiger partial charge in [-0.2, -0.15) is 0 Å². The number of carbonyl (C=O) groups is 3. The van der Waals surface area contributed by atoms with Gasteiger partial charge >= 0.3 is 0 Å². The molecule has 3 rings (SSSR count). The molecule has 0 aliphatic carbocycles. The SMILES string of the molecule is CCCN(CCCC(=O)NCC1C2CCC(O2)C1CCCCCCC(=O)CO)C(=O)c1ccccc1. The number of ketones is 1. The maximum absolute atomic E-state index is 12.8. The van der Waals surface area contributed by atoms with Crippen molar-refractivity contribution in [1.29, 1.82) is 0 Å². The third kappa shape index (κ3) is 8.41. The molecule has 2 N–H and O–H groups in total. The number of aliphatic hydroxyl groups excluding tert-OH is 1. The van der Waals surface area contributed by atoms with Crippen molar-refractivity contribution in [1.82, 2.24) is 10.2 Å². The topological polar surface area (TPSA) is 95.9 Å². The summed E-state index contributed by atoms with van der Waals surface area (Å²) in [5.41, 5.74) is 0.691. The number of Topliss-reactive ketones (excluding diaryl/α,β-unsaturated/α-hetero) is 1. The van der Waals surface area contributed by atoms with E-state index in [1.54, 1.807) is 0 Å². The minimum atomic E-state index is -0.349. The molecule has 0 radical (unpaired) electrons. The number of nitrogens with one attached hydrogen (secondary N) is 1. The molecule has 7 nitrogen and oxygen atoms in total. The van der Waals surface area contributed by atoms with Crippen LogP contribution in [0.3, 0.4) is 0 Å². The van der Waals surface area contributed by atoms with Gasteiger partial charge in [0.25, 0.3) is 5.91 Å². The minimum Gasteiger partial charge on any atom is -0.389 e. The van der Waals surface area contributed by atoms with Gasteiger partial charge in [0.05, 0.1) is 12.2 Å². The lowest BCUT2D eigenvalue weighted by Crippen LogP contribution is -2.38. The molecule has 2 fully saturated rings. The Morgan fingerprint density at radius 1 is 0.944 bits per heavy atom. The Hall–Kier alpha value is -2.25. The van der Waals surface area contributed by atoms with E-state index in [1.807, 2.05) is 35.2 Å². The highest BCUT2D eigenvalue weighted by molar-refractivity contribution is 5.94. The summed E-state index contributed by atoms with van der Waals surface area (Å²) in [5, 5.41) is 12.0. The number of benzene rings is 1. The zero-order valence-corrected chi connectivity index (χ0v) is 21.8. The van der Waals surface area contributed by atoms with Gasteiger partial charge in [-0.05, 0) is 56.6 Å². The highest BCUT2D eigenvalue weighted by Gasteiger charge is 2.48. The minimum absolute atomic E-state index is 0.0276. The van der Waals surface area contributed by atoms with Gasteiger partial charge in [0.15, 0.2) is 5.78 Å². The average Bonchev–Trinajstić information content (AvgIpc) is 3.51. The smallest absolute Gasteiger partial charge is 0.253 e. The van der Waals surface area contributed by atoms with Gasteiger partial charge in [-0.15, -0.1) is 0 Å². The number of nitrogens with zero attached hydrogens (tertiary/aromatic N) is 1.